The zero-order chi connectivity index (χ0) is 50.2. The molecule has 1 atom stereocenters. The van der Waals surface area contributed by atoms with Crippen LogP contribution in [0.15, 0.2) is 146 Å². The molecule has 5 aromatic heterocycles. The Kier molecular flexibility index (Phi) is 28.9. The van der Waals surface area contributed by atoms with E-state index in [0.29, 0.717) is 72.6 Å². The predicted octanol–water partition coefficient (Wildman–Crippen LogP) is 7.13. The molecule has 0 aliphatic carbocycles. The standard InChI is InChI=1S/C16H13ClN2O2.C14H9ClN2O2.C11H10BrClO3.C5H6N2.C2H6O.CH4O.Li.H2O/c1-2-21-16(20)15-14(11-7-3-4-8-12(11)17)18-13-9-5-6-10-19(13)15;15-10-6-2-1-5-9(10)12-13(14(18)19)17-8-4-3-7-11(17)16-12;1-2-16-11(15)9(12)10(14)7-5-3-4-6-8(7)13;6-5-3-1-2-4-7-5;1-2-3;1-2;;/h3-10H,2H2,1H3;1-8H,(H,18,19);3-6,9H,2H2,1H3;1-4H,(H2,6,7);3H,2H2,1H3;2H,1H3;;1H2/q;;;;;;+1;/p-1. The van der Waals surface area contributed by atoms with E-state index < -0.39 is 28.5 Å². The van der Waals surface area contributed by atoms with Crippen LogP contribution in [-0.4, -0.2) is 100.0 Å². The summed E-state index contributed by atoms with van der Waals surface area (Å²) in [5, 5.41) is 25.3. The van der Waals surface area contributed by atoms with Crippen LogP contribution in [0.3, 0.4) is 0 Å². The molecular formula is C49H49BrCl3LiN6O10. The largest absolute Gasteiger partial charge is 1.00 e. The Morgan fingerprint density at radius 2 is 1.09 bits per heavy atom. The summed E-state index contributed by atoms with van der Waals surface area (Å²) in [5.41, 5.74) is 9.55. The molecule has 364 valence electrons. The minimum atomic E-state index is -1.03. The van der Waals surface area contributed by atoms with Gasteiger partial charge in [0.2, 0.25) is 0 Å². The van der Waals surface area contributed by atoms with Crippen LogP contribution < -0.4 is 24.6 Å². The predicted molar refractivity (Wildman–Crippen MR) is 271 cm³/mol. The first-order chi connectivity index (χ1) is 32.8. The molecule has 0 aliphatic rings. The van der Waals surface area contributed by atoms with Crippen molar-refractivity contribution >= 4 is 91.5 Å². The molecule has 0 bridgehead atoms. The number of anilines is 1. The number of imidazole rings is 2. The van der Waals surface area contributed by atoms with Crippen molar-refractivity contribution in [3.05, 3.63) is 178 Å². The summed E-state index contributed by atoms with van der Waals surface area (Å²) >= 11 is 21.2. The number of aromatic carboxylic acids is 1. The molecule has 0 fully saturated rings. The van der Waals surface area contributed by atoms with Crippen LogP contribution in [0.5, 0.6) is 0 Å². The molecule has 0 saturated heterocycles. The Morgan fingerprint density at radius 3 is 1.50 bits per heavy atom. The van der Waals surface area contributed by atoms with Gasteiger partial charge in [0.05, 0.1) is 28.3 Å². The molecule has 0 spiro atoms. The summed E-state index contributed by atoms with van der Waals surface area (Å²) in [5.74, 6) is -1.88. The van der Waals surface area contributed by atoms with Crippen LogP contribution in [0, 0.1) is 0 Å². The fourth-order valence-electron chi connectivity index (χ4n) is 5.77. The number of pyridine rings is 3. The van der Waals surface area contributed by atoms with Crippen molar-refractivity contribution in [1.29, 1.82) is 0 Å². The maximum Gasteiger partial charge on any atom is 1.00 e. The first-order valence-electron chi connectivity index (χ1n) is 20.4. The van der Waals surface area contributed by atoms with Gasteiger partial charge < -0.3 is 36.0 Å². The SMILES string of the molecule is CCO.CCOC(=O)C(Br)C(=O)c1ccccc1Cl.CCOC(=O)c1c(-c2ccccc2Cl)nc2ccccn12.CO.Nc1ccccn1.O=C(O)c1c(-c2ccccc2Cl)nc2ccccn12.[Li+].[OH-]. The van der Waals surface area contributed by atoms with E-state index in [-0.39, 0.29) is 43.2 Å². The van der Waals surface area contributed by atoms with Crippen molar-refractivity contribution in [3.63, 3.8) is 0 Å². The van der Waals surface area contributed by atoms with Crippen LogP contribution >= 0.6 is 50.7 Å². The normalized spacial score (nSPS) is 10.1. The number of ether oxygens (including phenoxy) is 2. The van der Waals surface area contributed by atoms with Crippen molar-refractivity contribution in [2.45, 2.75) is 25.6 Å². The number of carbonyl (C=O) groups is 4. The number of nitrogens with zero attached hydrogens (tertiary/aromatic N) is 5. The monoisotopic (exact) mass is 1070 g/mol. The molecule has 21 heteroatoms. The van der Waals surface area contributed by atoms with Gasteiger partial charge in [-0.2, -0.15) is 0 Å². The number of rotatable bonds is 9. The smallest absolute Gasteiger partial charge is 0.870 e. The van der Waals surface area contributed by atoms with Crippen LogP contribution in [0.4, 0.5) is 5.82 Å². The number of alkyl halides is 1. The number of nitrogen functional groups attached to an aromatic ring is 1. The van der Waals surface area contributed by atoms with E-state index in [9.17, 15) is 24.3 Å². The summed E-state index contributed by atoms with van der Waals surface area (Å²) in [7, 11) is 1.00. The number of carbonyl (C=O) groups excluding carboxylic acids is 3. The molecule has 70 heavy (non-hydrogen) atoms. The molecule has 8 aromatic rings. The maximum atomic E-state index is 12.3. The van der Waals surface area contributed by atoms with E-state index in [0.717, 1.165) is 7.11 Å². The van der Waals surface area contributed by atoms with Gasteiger partial charge in [-0.15, -0.1) is 0 Å². The van der Waals surface area contributed by atoms with Crippen molar-refractivity contribution in [3.8, 4) is 22.5 Å². The van der Waals surface area contributed by atoms with E-state index in [2.05, 4.69) is 30.9 Å². The molecule has 0 amide bonds. The number of esters is 2. The summed E-state index contributed by atoms with van der Waals surface area (Å²) < 4.78 is 13.2. The number of carboxylic acid groups (broad SMARTS) is 1. The summed E-state index contributed by atoms with van der Waals surface area (Å²) in [6.45, 7) is 5.92. The van der Waals surface area contributed by atoms with Gasteiger partial charge in [-0.3, -0.25) is 18.4 Å². The molecule has 0 saturated carbocycles. The number of aliphatic hydroxyl groups is 2. The van der Waals surface area contributed by atoms with E-state index in [1.54, 1.807) is 121 Å². The van der Waals surface area contributed by atoms with Gasteiger partial charge in [0, 0.05) is 49.0 Å². The number of nitrogens with two attached hydrogens (primary N) is 1. The van der Waals surface area contributed by atoms with Crippen LogP contribution in [0.1, 0.15) is 52.1 Å². The molecule has 3 aromatic carbocycles. The van der Waals surface area contributed by atoms with E-state index in [1.165, 1.54) is 0 Å². The molecule has 0 aliphatic heterocycles. The minimum Gasteiger partial charge on any atom is -0.870 e. The zero-order valence-corrected chi connectivity index (χ0v) is 42.5. The Hall–Kier alpha value is -6.10. The van der Waals surface area contributed by atoms with Gasteiger partial charge in [-0.1, -0.05) is 117 Å². The fraction of sp³-hybridized carbons (Fsp3) is 0.163. The van der Waals surface area contributed by atoms with Crippen molar-refractivity contribution in [2.75, 3.05) is 32.7 Å². The fourth-order valence-corrected chi connectivity index (χ4v) is 6.83. The van der Waals surface area contributed by atoms with Crippen LogP contribution in [0.25, 0.3) is 33.8 Å². The molecule has 6 N–H and O–H groups in total. The number of Topliss-reactive ketones (excluding diaryl/α,β-unsaturated/α-hetero) is 1. The first-order valence-corrected chi connectivity index (χ1v) is 22.5. The van der Waals surface area contributed by atoms with Gasteiger partial charge in [0.15, 0.2) is 22.0 Å². The maximum absolute atomic E-state index is 12.3. The van der Waals surface area contributed by atoms with Gasteiger partial charge in [-0.05, 0) is 81.4 Å². The van der Waals surface area contributed by atoms with Crippen LogP contribution in [0.2, 0.25) is 15.1 Å². The quantitative estimate of drug-likeness (QED) is 0.0369. The second-order valence-corrected chi connectivity index (χ2v) is 15.1. The Morgan fingerprint density at radius 1 is 0.657 bits per heavy atom. The molecule has 1 unspecified atom stereocenters. The number of carboxylic acids is 1. The average molecular weight is 1080 g/mol. The van der Waals surface area contributed by atoms with Gasteiger partial charge in [-0.25, -0.2) is 24.5 Å². The van der Waals surface area contributed by atoms with E-state index in [4.69, 9.17) is 60.2 Å². The third-order valence-corrected chi connectivity index (χ3v) is 10.3. The number of hydrogen-bond acceptors (Lipinski definition) is 13. The molecule has 0 radical (unpaired) electrons. The molecular weight excluding hydrogens is 1030 g/mol. The minimum absolute atomic E-state index is 0. The average Bonchev–Trinajstić information content (AvgIpc) is 3.93. The number of ketones is 1. The number of halogens is 4. The van der Waals surface area contributed by atoms with Crippen LogP contribution in [-0.2, 0) is 14.3 Å². The number of aromatic nitrogens is 5. The summed E-state index contributed by atoms with van der Waals surface area (Å²) in [6, 6.07) is 37.3. The van der Waals surface area contributed by atoms with E-state index in [1.807, 2.05) is 54.6 Å². The Balaban J connectivity index is 0.000000467. The second-order valence-electron chi connectivity index (χ2n) is 13.0. The first kappa shape index (κ1) is 61.9. The number of aliphatic hydroxyl groups excluding tert-OH is 2. The van der Waals surface area contributed by atoms with Gasteiger partial charge in [0.1, 0.15) is 28.5 Å². The third-order valence-electron chi connectivity index (χ3n) is 8.54. The topological polar surface area (TPSA) is 251 Å². The van der Waals surface area contributed by atoms with Gasteiger partial charge >= 0.3 is 36.8 Å². The summed E-state index contributed by atoms with van der Waals surface area (Å²) in [6.07, 6.45) is 5.12. The number of hydrogen-bond donors (Lipinski definition) is 4. The second kappa shape index (κ2) is 32.7. The van der Waals surface area contributed by atoms with Gasteiger partial charge in [0.25, 0.3) is 0 Å². The van der Waals surface area contributed by atoms with Crippen molar-refractivity contribution in [2.24, 2.45) is 0 Å². The Bertz CT molecular complexity index is 2890. The molecule has 16 nitrogen and oxygen atoms in total. The zero-order valence-electron chi connectivity index (χ0n) is 38.6. The summed E-state index contributed by atoms with van der Waals surface area (Å²) in [4.78, 5) is 58.6. The molecule has 8 rings (SSSR count). The Labute approximate surface area is 439 Å². The molecule has 5 heterocycles. The van der Waals surface area contributed by atoms with Crippen molar-refractivity contribution < 1.29 is 68.3 Å². The van der Waals surface area contributed by atoms with Crippen molar-refractivity contribution in [1.82, 2.24) is 23.8 Å². The third kappa shape index (κ3) is 17.4. The number of fused-ring (bicyclic) bond motifs is 2. The van der Waals surface area contributed by atoms with E-state index >= 15 is 0 Å². The number of benzene rings is 3.